The number of aryl methyl sites for hydroxylation is 1. The minimum absolute atomic E-state index is 0.00210. The lowest BCUT2D eigenvalue weighted by atomic mass is 10.1. The summed E-state index contributed by atoms with van der Waals surface area (Å²) in [5, 5.41) is 14.2. The third-order valence-corrected chi connectivity index (χ3v) is 5.01. The number of likely N-dealkylation sites (N-methyl/N-ethyl adjacent to an activating group) is 1. The second kappa shape index (κ2) is 8.54. The number of halogens is 1. The molecule has 1 unspecified atom stereocenters. The van der Waals surface area contributed by atoms with Crippen LogP contribution in [-0.4, -0.2) is 46.6 Å². The van der Waals surface area contributed by atoms with Gasteiger partial charge in [-0.15, -0.1) is 0 Å². The van der Waals surface area contributed by atoms with E-state index in [9.17, 15) is 9.50 Å². The van der Waals surface area contributed by atoms with Crippen LogP contribution in [0.2, 0.25) is 0 Å². The van der Waals surface area contributed by atoms with E-state index in [1.165, 1.54) is 13.2 Å². The fraction of sp³-hybridized carbons (Fsp3) is 0.318. The normalized spacial score (nSPS) is 12.4. The van der Waals surface area contributed by atoms with Crippen LogP contribution in [0.1, 0.15) is 18.1 Å². The number of ether oxygens (including phenoxy) is 1. The van der Waals surface area contributed by atoms with Gasteiger partial charge in [-0.05, 0) is 50.7 Å². The monoisotopic (exact) mass is 383 g/mol. The van der Waals surface area contributed by atoms with Gasteiger partial charge in [0.2, 0.25) is 0 Å². The molecule has 0 spiro atoms. The van der Waals surface area contributed by atoms with Gasteiger partial charge in [0.05, 0.1) is 25.1 Å². The SMILES string of the molecule is COc1ccc(-c2nn(-c3ccccc3C)cc2CN(C)C(C)CO)cc1F. The molecule has 0 aliphatic rings. The molecular weight excluding hydrogens is 357 g/mol. The fourth-order valence-corrected chi connectivity index (χ4v) is 3.09. The molecular formula is C22H26FN3O2. The number of hydrogen-bond donors (Lipinski definition) is 1. The lowest BCUT2D eigenvalue weighted by Gasteiger charge is -2.22. The first-order valence-corrected chi connectivity index (χ1v) is 9.24. The zero-order chi connectivity index (χ0) is 20.3. The highest BCUT2D eigenvalue weighted by atomic mass is 19.1. The first-order chi connectivity index (χ1) is 13.4. The van der Waals surface area contributed by atoms with Crippen molar-refractivity contribution < 1.29 is 14.2 Å². The van der Waals surface area contributed by atoms with Crippen molar-refractivity contribution >= 4 is 0 Å². The maximum Gasteiger partial charge on any atom is 0.165 e. The van der Waals surface area contributed by atoms with E-state index in [1.807, 2.05) is 67.0 Å². The number of nitrogens with zero attached hydrogens (tertiary/aromatic N) is 3. The summed E-state index contributed by atoms with van der Waals surface area (Å²) in [6, 6.07) is 12.9. The van der Waals surface area contributed by atoms with Crippen LogP contribution < -0.4 is 4.74 Å². The van der Waals surface area contributed by atoms with E-state index in [4.69, 9.17) is 9.84 Å². The molecule has 1 N–H and O–H groups in total. The standard InChI is InChI=1S/C22H26FN3O2/c1-15-7-5-6-8-20(15)26-13-18(12-25(3)16(2)14-27)22(24-26)17-9-10-21(28-4)19(23)11-17/h5-11,13,16,27H,12,14H2,1-4H3. The number of benzene rings is 2. The Morgan fingerprint density at radius 3 is 2.64 bits per heavy atom. The van der Waals surface area contributed by atoms with Crippen molar-refractivity contribution in [3.63, 3.8) is 0 Å². The van der Waals surface area contributed by atoms with E-state index in [2.05, 4.69) is 0 Å². The zero-order valence-corrected chi connectivity index (χ0v) is 16.7. The Morgan fingerprint density at radius 1 is 1.25 bits per heavy atom. The first kappa shape index (κ1) is 20.0. The summed E-state index contributed by atoms with van der Waals surface area (Å²) in [5.74, 6) is -0.219. The Bertz CT molecular complexity index is 955. The van der Waals surface area contributed by atoms with Crippen LogP contribution in [0.4, 0.5) is 4.39 Å². The summed E-state index contributed by atoms with van der Waals surface area (Å²) >= 11 is 0. The predicted octanol–water partition coefficient (Wildman–Crippen LogP) is 3.81. The van der Waals surface area contributed by atoms with Crippen molar-refractivity contribution in [3.8, 4) is 22.7 Å². The summed E-state index contributed by atoms with van der Waals surface area (Å²) < 4.78 is 21.2. The smallest absolute Gasteiger partial charge is 0.165 e. The lowest BCUT2D eigenvalue weighted by molar-refractivity contribution is 0.154. The molecule has 28 heavy (non-hydrogen) atoms. The van der Waals surface area contributed by atoms with Crippen LogP contribution in [0, 0.1) is 12.7 Å². The molecule has 3 aromatic rings. The predicted molar refractivity (Wildman–Crippen MR) is 108 cm³/mol. The summed E-state index contributed by atoms with van der Waals surface area (Å²) in [4.78, 5) is 2.04. The Kier molecular flexibility index (Phi) is 6.11. The van der Waals surface area contributed by atoms with Crippen molar-refractivity contribution in [3.05, 3.63) is 65.6 Å². The van der Waals surface area contributed by atoms with Crippen molar-refractivity contribution in [2.75, 3.05) is 20.8 Å². The van der Waals surface area contributed by atoms with Gasteiger partial charge in [0.25, 0.3) is 0 Å². The Morgan fingerprint density at radius 2 is 2.00 bits per heavy atom. The van der Waals surface area contributed by atoms with Gasteiger partial charge in [-0.2, -0.15) is 5.10 Å². The van der Waals surface area contributed by atoms with Crippen LogP contribution in [-0.2, 0) is 6.54 Å². The molecule has 0 radical (unpaired) electrons. The quantitative estimate of drug-likeness (QED) is 0.674. The number of aromatic nitrogens is 2. The molecule has 148 valence electrons. The second-order valence-corrected chi connectivity index (χ2v) is 7.03. The van der Waals surface area contributed by atoms with Gasteiger partial charge in [0.15, 0.2) is 11.6 Å². The number of aliphatic hydroxyl groups excluding tert-OH is 1. The highest BCUT2D eigenvalue weighted by molar-refractivity contribution is 5.64. The van der Waals surface area contributed by atoms with E-state index in [-0.39, 0.29) is 18.4 Å². The van der Waals surface area contributed by atoms with Crippen LogP contribution in [0.5, 0.6) is 5.75 Å². The third-order valence-electron chi connectivity index (χ3n) is 5.01. The molecule has 5 nitrogen and oxygen atoms in total. The summed E-state index contributed by atoms with van der Waals surface area (Å²) in [6.45, 7) is 4.63. The van der Waals surface area contributed by atoms with Gasteiger partial charge in [0, 0.05) is 29.9 Å². The summed E-state index contributed by atoms with van der Waals surface area (Å²) in [5.41, 5.74) is 4.42. The van der Waals surface area contributed by atoms with Crippen LogP contribution >= 0.6 is 0 Å². The van der Waals surface area contributed by atoms with Crippen molar-refractivity contribution in [2.24, 2.45) is 0 Å². The van der Waals surface area contributed by atoms with Gasteiger partial charge in [-0.3, -0.25) is 4.90 Å². The zero-order valence-electron chi connectivity index (χ0n) is 16.7. The van der Waals surface area contributed by atoms with Gasteiger partial charge in [-0.25, -0.2) is 9.07 Å². The molecule has 1 aromatic heterocycles. The molecule has 0 fully saturated rings. The van der Waals surface area contributed by atoms with Crippen molar-refractivity contribution in [1.29, 1.82) is 0 Å². The number of methoxy groups -OCH3 is 1. The molecule has 0 saturated carbocycles. The molecule has 6 heteroatoms. The maximum absolute atomic E-state index is 14.3. The van der Waals surface area contributed by atoms with Crippen LogP contribution in [0.15, 0.2) is 48.7 Å². The minimum Gasteiger partial charge on any atom is -0.494 e. The van der Waals surface area contributed by atoms with Gasteiger partial charge >= 0.3 is 0 Å². The first-order valence-electron chi connectivity index (χ1n) is 9.24. The molecule has 3 rings (SSSR count). The molecule has 1 atom stereocenters. The largest absolute Gasteiger partial charge is 0.494 e. The molecule has 0 aliphatic heterocycles. The molecule has 2 aromatic carbocycles. The van der Waals surface area contributed by atoms with Gasteiger partial charge in [-0.1, -0.05) is 18.2 Å². The van der Waals surface area contributed by atoms with E-state index in [0.717, 1.165) is 16.8 Å². The van der Waals surface area contributed by atoms with Gasteiger partial charge in [0.1, 0.15) is 0 Å². The van der Waals surface area contributed by atoms with Crippen molar-refractivity contribution in [1.82, 2.24) is 14.7 Å². The lowest BCUT2D eigenvalue weighted by Crippen LogP contribution is -2.31. The van der Waals surface area contributed by atoms with E-state index in [1.54, 1.807) is 6.07 Å². The molecule has 0 bridgehead atoms. The fourth-order valence-electron chi connectivity index (χ4n) is 3.09. The van der Waals surface area contributed by atoms with E-state index < -0.39 is 5.82 Å². The Balaban J connectivity index is 2.08. The average molecular weight is 383 g/mol. The highest BCUT2D eigenvalue weighted by Gasteiger charge is 2.18. The Hall–Kier alpha value is -2.70. The minimum atomic E-state index is -0.423. The molecule has 0 aliphatic carbocycles. The van der Waals surface area contributed by atoms with E-state index in [0.29, 0.717) is 17.8 Å². The van der Waals surface area contributed by atoms with Crippen LogP contribution in [0.3, 0.4) is 0 Å². The average Bonchev–Trinajstić information content (AvgIpc) is 3.11. The Labute approximate surface area is 165 Å². The van der Waals surface area contributed by atoms with Gasteiger partial charge < -0.3 is 9.84 Å². The molecule has 1 heterocycles. The maximum atomic E-state index is 14.3. The summed E-state index contributed by atoms with van der Waals surface area (Å²) in [6.07, 6.45) is 1.97. The number of para-hydroxylation sites is 1. The second-order valence-electron chi connectivity index (χ2n) is 7.03. The molecule has 0 saturated heterocycles. The van der Waals surface area contributed by atoms with Crippen molar-refractivity contribution in [2.45, 2.75) is 26.4 Å². The summed E-state index contributed by atoms with van der Waals surface area (Å²) in [7, 11) is 3.39. The highest BCUT2D eigenvalue weighted by Crippen LogP contribution is 2.29. The molecule has 0 amide bonds. The van der Waals surface area contributed by atoms with E-state index >= 15 is 0 Å². The topological polar surface area (TPSA) is 50.5 Å². The number of rotatable bonds is 7. The number of hydrogen-bond acceptors (Lipinski definition) is 4. The van der Waals surface area contributed by atoms with Crippen LogP contribution in [0.25, 0.3) is 16.9 Å². The number of aliphatic hydroxyl groups is 1. The third kappa shape index (κ3) is 4.08.